The van der Waals surface area contributed by atoms with Crippen LogP contribution in [0.15, 0.2) is 71.1 Å². The fourth-order valence-electron chi connectivity index (χ4n) is 2.78. The minimum absolute atomic E-state index is 0.0231. The van der Waals surface area contributed by atoms with Crippen molar-refractivity contribution < 1.29 is 22.7 Å². The number of halogens is 3. The first kappa shape index (κ1) is 16.6. The molecule has 124 valence electrons. The molecule has 2 aromatic carbocycles. The second-order valence-electron chi connectivity index (χ2n) is 5.30. The maximum atomic E-state index is 13.1. The molecule has 24 heavy (non-hydrogen) atoms. The SMILES string of the molecule is CC1=C(SC(F)(F)F)C(c2ccccc2)(c2ccccc2)OC1=O. The molecule has 1 aliphatic heterocycles. The molecule has 0 fully saturated rings. The number of cyclic esters (lactones) is 1. The number of carbonyl (C=O) groups is 1. The molecule has 0 unspecified atom stereocenters. The predicted octanol–water partition coefficient (Wildman–Crippen LogP) is 5.01. The van der Waals surface area contributed by atoms with Gasteiger partial charge in [0.2, 0.25) is 0 Å². The maximum absolute atomic E-state index is 13.1. The van der Waals surface area contributed by atoms with E-state index in [0.717, 1.165) is 0 Å². The Balaban J connectivity index is 2.28. The van der Waals surface area contributed by atoms with Crippen LogP contribution in [-0.4, -0.2) is 11.5 Å². The topological polar surface area (TPSA) is 26.3 Å². The van der Waals surface area contributed by atoms with E-state index in [2.05, 4.69) is 0 Å². The molecule has 0 bridgehead atoms. The van der Waals surface area contributed by atoms with Gasteiger partial charge in [0.15, 0.2) is 5.60 Å². The van der Waals surface area contributed by atoms with Gasteiger partial charge in [-0.05, 0) is 18.7 Å². The number of carbonyl (C=O) groups excluding carboxylic acids is 1. The quantitative estimate of drug-likeness (QED) is 0.728. The largest absolute Gasteiger partial charge is 0.446 e. The molecule has 6 heteroatoms. The summed E-state index contributed by atoms with van der Waals surface area (Å²) >= 11 is -0.293. The molecule has 1 heterocycles. The highest BCUT2D eigenvalue weighted by Gasteiger charge is 2.53. The van der Waals surface area contributed by atoms with Gasteiger partial charge in [-0.15, -0.1) is 0 Å². The Hall–Kier alpha value is -2.21. The summed E-state index contributed by atoms with van der Waals surface area (Å²) in [6.45, 7) is 1.37. The fraction of sp³-hybridized carbons (Fsp3) is 0.167. The molecule has 1 aliphatic rings. The summed E-state index contributed by atoms with van der Waals surface area (Å²) < 4.78 is 45.0. The zero-order valence-electron chi connectivity index (χ0n) is 12.6. The standard InChI is InChI=1S/C18H13F3O2S/c1-12-15(24-18(19,20)21)17(23-16(12)22,13-8-4-2-5-9-13)14-10-6-3-7-11-14/h2-11H,1H3. The number of benzene rings is 2. The lowest BCUT2D eigenvalue weighted by Crippen LogP contribution is -2.31. The number of rotatable bonds is 3. The Kier molecular flexibility index (Phi) is 4.17. The van der Waals surface area contributed by atoms with Gasteiger partial charge in [-0.25, -0.2) is 4.79 Å². The molecule has 0 radical (unpaired) electrons. The van der Waals surface area contributed by atoms with Crippen LogP contribution in [0.4, 0.5) is 13.2 Å². The van der Waals surface area contributed by atoms with Crippen LogP contribution in [0.25, 0.3) is 0 Å². The van der Waals surface area contributed by atoms with Gasteiger partial charge in [0.05, 0.1) is 4.91 Å². The van der Waals surface area contributed by atoms with Crippen molar-refractivity contribution in [1.82, 2.24) is 0 Å². The van der Waals surface area contributed by atoms with Crippen molar-refractivity contribution in [3.8, 4) is 0 Å². The smallest absolute Gasteiger partial charge is 0.440 e. The lowest BCUT2D eigenvalue weighted by atomic mass is 9.85. The highest BCUT2D eigenvalue weighted by Crippen LogP contribution is 2.55. The number of thioether (sulfide) groups is 1. The van der Waals surface area contributed by atoms with Gasteiger partial charge in [-0.3, -0.25) is 0 Å². The summed E-state index contributed by atoms with van der Waals surface area (Å²) in [5.74, 6) is -0.741. The van der Waals surface area contributed by atoms with Gasteiger partial charge in [0.25, 0.3) is 0 Å². The second-order valence-corrected chi connectivity index (χ2v) is 6.38. The lowest BCUT2D eigenvalue weighted by Gasteiger charge is -2.32. The third-order valence-corrected chi connectivity index (χ3v) is 4.82. The summed E-state index contributed by atoms with van der Waals surface area (Å²) in [7, 11) is 0. The van der Waals surface area contributed by atoms with Crippen molar-refractivity contribution in [2.75, 3.05) is 0 Å². The lowest BCUT2D eigenvalue weighted by molar-refractivity contribution is -0.144. The minimum Gasteiger partial charge on any atom is -0.440 e. The molecule has 0 amide bonds. The van der Waals surface area contributed by atoms with Crippen LogP contribution in [-0.2, 0) is 15.1 Å². The molecule has 2 nitrogen and oxygen atoms in total. The summed E-state index contributed by atoms with van der Waals surface area (Å²) in [4.78, 5) is 12.0. The van der Waals surface area contributed by atoms with Crippen LogP contribution in [0.2, 0.25) is 0 Å². The van der Waals surface area contributed by atoms with E-state index in [1.807, 2.05) is 0 Å². The number of hydrogen-bond acceptors (Lipinski definition) is 3. The van der Waals surface area contributed by atoms with E-state index in [4.69, 9.17) is 4.74 Å². The third-order valence-electron chi connectivity index (χ3n) is 3.79. The maximum Gasteiger partial charge on any atom is 0.446 e. The van der Waals surface area contributed by atoms with Crippen LogP contribution in [0.5, 0.6) is 0 Å². The molecular formula is C18H13F3O2S. The van der Waals surface area contributed by atoms with Gasteiger partial charge in [0, 0.05) is 16.7 Å². The van der Waals surface area contributed by atoms with Crippen molar-refractivity contribution in [3.63, 3.8) is 0 Å². The average Bonchev–Trinajstić information content (AvgIpc) is 2.81. The zero-order chi connectivity index (χ0) is 17.4. The monoisotopic (exact) mass is 350 g/mol. The van der Waals surface area contributed by atoms with Gasteiger partial charge in [-0.1, -0.05) is 60.7 Å². The first-order chi connectivity index (χ1) is 11.3. The van der Waals surface area contributed by atoms with Crippen molar-refractivity contribution in [3.05, 3.63) is 82.3 Å². The minimum atomic E-state index is -4.53. The summed E-state index contributed by atoms with van der Waals surface area (Å²) in [5.41, 5.74) is -5.17. The van der Waals surface area contributed by atoms with Crippen LogP contribution < -0.4 is 0 Å². The third kappa shape index (κ3) is 2.82. The number of esters is 1. The summed E-state index contributed by atoms with van der Waals surface area (Å²) in [5, 5.41) is 0. The van der Waals surface area contributed by atoms with Crippen LogP contribution in [0.1, 0.15) is 18.1 Å². The van der Waals surface area contributed by atoms with Gasteiger partial charge < -0.3 is 4.74 Å². The van der Waals surface area contributed by atoms with Crippen molar-refractivity contribution in [2.24, 2.45) is 0 Å². The molecule has 2 aromatic rings. The highest BCUT2D eigenvalue weighted by molar-refractivity contribution is 8.04. The first-order valence-corrected chi connectivity index (χ1v) is 7.98. The molecule has 0 spiro atoms. The van der Waals surface area contributed by atoms with Gasteiger partial charge in [0.1, 0.15) is 0 Å². The molecule has 3 rings (SSSR count). The Morgan fingerprint density at radius 1 is 0.917 bits per heavy atom. The van der Waals surface area contributed by atoms with E-state index in [1.54, 1.807) is 60.7 Å². The van der Waals surface area contributed by atoms with Crippen molar-refractivity contribution in [1.29, 1.82) is 0 Å². The van der Waals surface area contributed by atoms with E-state index in [1.165, 1.54) is 6.92 Å². The Labute approximate surface area is 141 Å². The molecule has 0 aromatic heterocycles. The van der Waals surface area contributed by atoms with Gasteiger partial charge in [-0.2, -0.15) is 13.2 Å². The normalized spacial score (nSPS) is 17.1. The highest BCUT2D eigenvalue weighted by atomic mass is 32.2. The number of alkyl halides is 3. The second kappa shape index (κ2) is 6.02. The molecule has 0 N–H and O–H groups in total. The zero-order valence-corrected chi connectivity index (χ0v) is 13.4. The Morgan fingerprint density at radius 3 is 1.79 bits per heavy atom. The van der Waals surface area contributed by atoms with Crippen LogP contribution in [0.3, 0.4) is 0 Å². The van der Waals surface area contributed by atoms with E-state index in [9.17, 15) is 18.0 Å². The average molecular weight is 350 g/mol. The number of ether oxygens (including phenoxy) is 1. The van der Waals surface area contributed by atoms with Crippen LogP contribution >= 0.6 is 11.8 Å². The van der Waals surface area contributed by atoms with Gasteiger partial charge >= 0.3 is 11.5 Å². The Morgan fingerprint density at radius 2 is 1.38 bits per heavy atom. The molecular weight excluding hydrogens is 337 g/mol. The fourth-order valence-corrected chi connectivity index (χ4v) is 3.66. The molecule has 0 saturated heterocycles. The summed E-state index contributed by atoms with van der Waals surface area (Å²) in [6.07, 6.45) is 0. The molecule has 0 saturated carbocycles. The van der Waals surface area contributed by atoms with Crippen molar-refractivity contribution in [2.45, 2.75) is 18.0 Å². The van der Waals surface area contributed by atoms with E-state index in [0.29, 0.717) is 11.1 Å². The van der Waals surface area contributed by atoms with E-state index < -0.39 is 17.1 Å². The summed E-state index contributed by atoms with van der Waals surface area (Å²) in [6, 6.07) is 17.0. The van der Waals surface area contributed by atoms with E-state index >= 15 is 0 Å². The Bertz CT molecular complexity index is 743. The van der Waals surface area contributed by atoms with E-state index in [-0.39, 0.29) is 22.2 Å². The molecule has 0 atom stereocenters. The predicted molar refractivity (Wildman–Crippen MR) is 86.1 cm³/mol. The first-order valence-electron chi connectivity index (χ1n) is 7.16. The van der Waals surface area contributed by atoms with Crippen molar-refractivity contribution >= 4 is 17.7 Å². The molecule has 0 aliphatic carbocycles. The van der Waals surface area contributed by atoms with Crippen LogP contribution in [0, 0.1) is 0 Å². The number of hydrogen-bond donors (Lipinski definition) is 0.